The predicted octanol–water partition coefficient (Wildman–Crippen LogP) is 2.63. The van der Waals surface area contributed by atoms with Gasteiger partial charge in [-0.3, -0.25) is 4.79 Å². The van der Waals surface area contributed by atoms with Crippen LogP contribution in [0.1, 0.15) is 26.2 Å². The molecule has 1 saturated heterocycles. The van der Waals surface area contributed by atoms with Gasteiger partial charge in [-0.1, -0.05) is 29.2 Å². The van der Waals surface area contributed by atoms with Crippen LogP contribution in [0.3, 0.4) is 0 Å². The third-order valence-electron chi connectivity index (χ3n) is 3.25. The molecule has 2 heterocycles. The Bertz CT molecular complexity index is 463. The summed E-state index contributed by atoms with van der Waals surface area (Å²) in [6.45, 7) is 7.33. The van der Waals surface area contributed by atoms with Crippen molar-refractivity contribution in [3.05, 3.63) is 12.7 Å². The zero-order valence-corrected chi connectivity index (χ0v) is 13.3. The van der Waals surface area contributed by atoms with Crippen LogP contribution >= 0.6 is 23.1 Å². The van der Waals surface area contributed by atoms with Crippen LogP contribution in [0, 0.1) is 0 Å². The Hall–Kier alpha value is -1.08. The lowest BCUT2D eigenvalue weighted by Crippen LogP contribution is -2.42. The standard InChI is InChI=1S/C13H20N4OS2/c1-3-7-14-12-15-16-13(20-12)19-9-11(18)17-8-5-4-6-10(17)2/h3,10H,1,4-9H2,2H3,(H,14,15)/t10-/m1/s1. The molecule has 0 saturated carbocycles. The molecule has 0 bridgehead atoms. The lowest BCUT2D eigenvalue weighted by Gasteiger charge is -2.33. The fourth-order valence-electron chi connectivity index (χ4n) is 2.17. The van der Waals surface area contributed by atoms with E-state index in [1.54, 1.807) is 6.08 Å². The molecule has 1 aromatic heterocycles. The fourth-order valence-corrected chi connectivity index (χ4v) is 3.82. The van der Waals surface area contributed by atoms with Gasteiger partial charge in [0.2, 0.25) is 11.0 Å². The van der Waals surface area contributed by atoms with E-state index in [9.17, 15) is 4.79 Å². The van der Waals surface area contributed by atoms with Gasteiger partial charge in [0.05, 0.1) is 5.75 Å². The summed E-state index contributed by atoms with van der Waals surface area (Å²) in [5, 5.41) is 12.0. The number of carbonyl (C=O) groups is 1. The first kappa shape index (κ1) is 15.3. The number of likely N-dealkylation sites (tertiary alicyclic amines) is 1. The quantitative estimate of drug-likeness (QED) is 0.646. The molecule has 0 spiro atoms. The molecule has 1 aliphatic heterocycles. The van der Waals surface area contributed by atoms with Crippen LogP contribution in [0.25, 0.3) is 0 Å². The molecule has 1 atom stereocenters. The second-order valence-corrected chi connectivity index (χ2v) is 6.96. The highest BCUT2D eigenvalue weighted by Crippen LogP contribution is 2.26. The molecule has 110 valence electrons. The number of anilines is 1. The van der Waals surface area contributed by atoms with Crippen molar-refractivity contribution in [3.8, 4) is 0 Å². The molecule has 2 rings (SSSR count). The third kappa shape index (κ3) is 4.21. The second-order valence-electron chi connectivity index (χ2n) is 4.76. The van der Waals surface area contributed by atoms with Crippen LogP contribution < -0.4 is 5.32 Å². The first-order valence-corrected chi connectivity index (χ1v) is 8.61. The molecule has 1 aromatic rings. The van der Waals surface area contributed by atoms with Crippen molar-refractivity contribution in [2.24, 2.45) is 0 Å². The van der Waals surface area contributed by atoms with Crippen molar-refractivity contribution in [1.82, 2.24) is 15.1 Å². The van der Waals surface area contributed by atoms with E-state index < -0.39 is 0 Å². The van der Waals surface area contributed by atoms with Gasteiger partial charge in [0.1, 0.15) is 0 Å². The maximum atomic E-state index is 12.2. The van der Waals surface area contributed by atoms with Gasteiger partial charge in [-0.15, -0.1) is 16.8 Å². The number of thioether (sulfide) groups is 1. The molecule has 1 fully saturated rings. The van der Waals surface area contributed by atoms with Gasteiger partial charge >= 0.3 is 0 Å². The molecule has 0 aliphatic carbocycles. The minimum Gasteiger partial charge on any atom is -0.357 e. The molecular formula is C13H20N4OS2. The van der Waals surface area contributed by atoms with E-state index in [0.717, 1.165) is 28.9 Å². The average Bonchev–Trinajstić information content (AvgIpc) is 2.91. The second kappa shape index (κ2) is 7.64. The van der Waals surface area contributed by atoms with E-state index in [4.69, 9.17) is 0 Å². The summed E-state index contributed by atoms with van der Waals surface area (Å²) in [7, 11) is 0. The van der Waals surface area contributed by atoms with Gasteiger partial charge in [0, 0.05) is 19.1 Å². The van der Waals surface area contributed by atoms with Crippen LogP contribution in [0.5, 0.6) is 0 Å². The first-order chi connectivity index (χ1) is 9.70. The number of piperidine rings is 1. The molecule has 0 radical (unpaired) electrons. The molecule has 0 unspecified atom stereocenters. The highest BCUT2D eigenvalue weighted by molar-refractivity contribution is 8.01. The fraction of sp³-hybridized carbons (Fsp3) is 0.615. The SMILES string of the molecule is C=CCNc1nnc(SCC(=O)N2CCCC[C@H]2C)s1. The van der Waals surface area contributed by atoms with Crippen LogP contribution in [-0.4, -0.2) is 45.9 Å². The third-order valence-corrected chi connectivity index (χ3v) is 5.25. The van der Waals surface area contributed by atoms with Crippen molar-refractivity contribution >= 4 is 34.1 Å². The summed E-state index contributed by atoms with van der Waals surface area (Å²) in [6, 6.07) is 0.371. The number of rotatable bonds is 6. The zero-order valence-electron chi connectivity index (χ0n) is 11.7. The highest BCUT2D eigenvalue weighted by atomic mass is 32.2. The molecule has 7 heteroatoms. The number of amides is 1. The number of hydrogen-bond acceptors (Lipinski definition) is 6. The van der Waals surface area contributed by atoms with Crippen LogP contribution in [0.15, 0.2) is 17.0 Å². The van der Waals surface area contributed by atoms with Crippen molar-refractivity contribution in [2.45, 2.75) is 36.6 Å². The Kier molecular flexibility index (Phi) is 5.85. The van der Waals surface area contributed by atoms with Gasteiger partial charge in [-0.05, 0) is 26.2 Å². The van der Waals surface area contributed by atoms with Gasteiger partial charge in [-0.2, -0.15) is 0 Å². The monoisotopic (exact) mass is 312 g/mol. The van der Waals surface area contributed by atoms with Crippen LogP contribution in [0.2, 0.25) is 0 Å². The van der Waals surface area contributed by atoms with E-state index in [2.05, 4.69) is 29.0 Å². The van der Waals surface area contributed by atoms with Gasteiger partial charge in [0.15, 0.2) is 4.34 Å². The van der Waals surface area contributed by atoms with Gasteiger partial charge < -0.3 is 10.2 Å². The Morgan fingerprint density at radius 1 is 1.60 bits per heavy atom. The number of hydrogen-bond donors (Lipinski definition) is 1. The average molecular weight is 312 g/mol. The Balaban J connectivity index is 1.80. The summed E-state index contributed by atoms with van der Waals surface area (Å²) < 4.78 is 0.828. The Morgan fingerprint density at radius 3 is 3.20 bits per heavy atom. The van der Waals surface area contributed by atoms with Crippen LogP contribution in [0.4, 0.5) is 5.13 Å². The van der Waals surface area contributed by atoms with Crippen molar-refractivity contribution in [3.63, 3.8) is 0 Å². The molecule has 1 N–H and O–H groups in total. The lowest BCUT2D eigenvalue weighted by molar-refractivity contribution is -0.131. The summed E-state index contributed by atoms with van der Waals surface area (Å²) in [5.74, 6) is 0.651. The van der Waals surface area contributed by atoms with Gasteiger partial charge in [0.25, 0.3) is 0 Å². The number of carbonyl (C=O) groups excluding carboxylic acids is 1. The molecule has 0 aromatic carbocycles. The lowest BCUT2D eigenvalue weighted by atomic mass is 10.0. The summed E-state index contributed by atoms with van der Waals surface area (Å²) in [6.07, 6.45) is 5.24. The highest BCUT2D eigenvalue weighted by Gasteiger charge is 2.23. The summed E-state index contributed by atoms with van der Waals surface area (Å²) in [5.41, 5.74) is 0. The molecule has 1 amide bonds. The van der Waals surface area contributed by atoms with Crippen molar-refractivity contribution in [2.75, 3.05) is 24.2 Å². The first-order valence-electron chi connectivity index (χ1n) is 6.81. The maximum absolute atomic E-state index is 12.2. The smallest absolute Gasteiger partial charge is 0.233 e. The minimum atomic E-state index is 0.206. The van der Waals surface area contributed by atoms with E-state index in [-0.39, 0.29) is 5.91 Å². The molecular weight excluding hydrogens is 292 g/mol. The molecule has 20 heavy (non-hydrogen) atoms. The number of nitrogens with one attached hydrogen (secondary N) is 1. The predicted molar refractivity (Wildman–Crippen MR) is 84.3 cm³/mol. The van der Waals surface area contributed by atoms with Crippen molar-refractivity contribution < 1.29 is 4.79 Å². The number of aromatic nitrogens is 2. The minimum absolute atomic E-state index is 0.206. The van der Waals surface area contributed by atoms with E-state index in [1.807, 2.05) is 4.90 Å². The zero-order chi connectivity index (χ0) is 14.4. The van der Waals surface area contributed by atoms with Crippen molar-refractivity contribution in [1.29, 1.82) is 0 Å². The van der Waals surface area contributed by atoms with E-state index in [0.29, 0.717) is 18.3 Å². The summed E-state index contributed by atoms with van der Waals surface area (Å²) in [4.78, 5) is 14.2. The maximum Gasteiger partial charge on any atom is 0.233 e. The Labute approximate surface area is 127 Å². The van der Waals surface area contributed by atoms with E-state index >= 15 is 0 Å². The topological polar surface area (TPSA) is 58.1 Å². The van der Waals surface area contributed by atoms with Crippen LogP contribution in [-0.2, 0) is 4.79 Å². The number of nitrogens with zero attached hydrogens (tertiary/aromatic N) is 3. The van der Waals surface area contributed by atoms with E-state index in [1.165, 1.54) is 29.5 Å². The summed E-state index contributed by atoms with van der Waals surface area (Å²) >= 11 is 2.94. The Morgan fingerprint density at radius 2 is 2.45 bits per heavy atom. The van der Waals surface area contributed by atoms with Gasteiger partial charge in [-0.25, -0.2) is 0 Å². The normalized spacial score (nSPS) is 18.9. The molecule has 1 aliphatic rings. The largest absolute Gasteiger partial charge is 0.357 e. The molecule has 5 nitrogen and oxygen atoms in total.